The Morgan fingerprint density at radius 2 is 2.03 bits per heavy atom. The Morgan fingerprint density at radius 1 is 1.28 bits per heavy atom. The average molecular weight is 396 g/mol. The van der Waals surface area contributed by atoms with E-state index in [1.54, 1.807) is 6.07 Å². The molecular weight excluding hydrogens is 366 g/mol. The van der Waals surface area contributed by atoms with Crippen molar-refractivity contribution in [2.45, 2.75) is 69.4 Å². The highest BCUT2D eigenvalue weighted by molar-refractivity contribution is 5.85. The van der Waals surface area contributed by atoms with Crippen LogP contribution in [0, 0.1) is 28.6 Å². The normalized spacial score (nSPS) is 20.1. The number of nitriles is 2. The third kappa shape index (κ3) is 5.88. The monoisotopic (exact) mass is 395 g/mol. The average Bonchev–Trinajstić information content (AvgIpc) is 2.75. The van der Waals surface area contributed by atoms with Gasteiger partial charge in [-0.15, -0.1) is 0 Å². The van der Waals surface area contributed by atoms with Gasteiger partial charge >= 0.3 is 0 Å². The first-order valence-electron chi connectivity index (χ1n) is 10.5. The maximum absolute atomic E-state index is 13.3. The zero-order valence-electron chi connectivity index (χ0n) is 16.8. The number of carbonyl (C=O) groups is 1. The van der Waals surface area contributed by atoms with Crippen molar-refractivity contribution in [2.24, 2.45) is 5.92 Å². The molecule has 8 heteroatoms. The molecule has 154 valence electrons. The summed E-state index contributed by atoms with van der Waals surface area (Å²) in [5, 5.41) is 28.0. The second-order valence-electron chi connectivity index (χ2n) is 8.17. The molecule has 1 unspecified atom stereocenters. The number of nitrogens with zero attached hydrogens (tertiary/aromatic N) is 4. The van der Waals surface area contributed by atoms with Crippen LogP contribution in [-0.2, 0) is 4.79 Å². The van der Waals surface area contributed by atoms with E-state index < -0.39 is 11.6 Å². The van der Waals surface area contributed by atoms with Crippen LogP contribution >= 0.6 is 0 Å². The molecule has 29 heavy (non-hydrogen) atoms. The molecule has 2 heterocycles. The molecule has 0 spiro atoms. The number of aromatic nitrogens is 2. The van der Waals surface area contributed by atoms with E-state index in [1.165, 1.54) is 25.5 Å². The molecule has 0 bridgehead atoms. The van der Waals surface area contributed by atoms with Gasteiger partial charge in [0, 0.05) is 6.20 Å². The van der Waals surface area contributed by atoms with Crippen LogP contribution in [0.4, 0.5) is 5.95 Å². The fourth-order valence-corrected chi connectivity index (χ4v) is 4.39. The zero-order valence-corrected chi connectivity index (χ0v) is 16.8. The maximum Gasteiger partial charge on any atom is 0.243 e. The number of rotatable bonds is 7. The standard InChI is InChI=1S/C21H29N7O/c22-10-7-21(8-12-24-13-9-21)28-19(29)18(14-16-4-2-1-3-5-16)27-20-25-11-6-17(15-23)26-20/h6,11,16,18,24H,1-5,7-9,12-14H2,(H,28,29)(H,25,26,27). The fraction of sp³-hybridized carbons (Fsp3) is 0.667. The molecule has 1 aliphatic heterocycles. The van der Waals surface area contributed by atoms with E-state index in [1.807, 2.05) is 6.07 Å². The summed E-state index contributed by atoms with van der Waals surface area (Å²) in [5.41, 5.74) is -0.225. The van der Waals surface area contributed by atoms with Crippen LogP contribution in [0.25, 0.3) is 0 Å². The molecule has 0 radical (unpaired) electrons. The summed E-state index contributed by atoms with van der Waals surface area (Å²) in [4.78, 5) is 21.7. The van der Waals surface area contributed by atoms with Gasteiger partial charge in [0.05, 0.1) is 18.0 Å². The van der Waals surface area contributed by atoms with Gasteiger partial charge in [-0.1, -0.05) is 32.1 Å². The summed E-state index contributed by atoms with van der Waals surface area (Å²) >= 11 is 0. The van der Waals surface area contributed by atoms with Gasteiger partial charge in [0.1, 0.15) is 17.8 Å². The highest BCUT2D eigenvalue weighted by Crippen LogP contribution is 2.29. The summed E-state index contributed by atoms with van der Waals surface area (Å²) in [6, 6.07) is 5.30. The van der Waals surface area contributed by atoms with Crippen LogP contribution in [0.3, 0.4) is 0 Å². The molecule has 1 saturated carbocycles. The second-order valence-corrected chi connectivity index (χ2v) is 8.17. The van der Waals surface area contributed by atoms with E-state index in [4.69, 9.17) is 5.26 Å². The predicted molar refractivity (Wildman–Crippen MR) is 109 cm³/mol. The van der Waals surface area contributed by atoms with Crippen molar-refractivity contribution >= 4 is 11.9 Å². The minimum atomic E-state index is -0.488. The molecular formula is C21H29N7O. The van der Waals surface area contributed by atoms with Crippen LogP contribution in [0.15, 0.2) is 12.3 Å². The largest absolute Gasteiger partial charge is 0.348 e. The second kappa shape index (κ2) is 10.2. The molecule has 1 atom stereocenters. The summed E-state index contributed by atoms with van der Waals surface area (Å²) in [6.07, 6.45) is 9.90. The number of amides is 1. The Bertz CT molecular complexity index is 770. The van der Waals surface area contributed by atoms with Crippen LogP contribution < -0.4 is 16.0 Å². The summed E-state index contributed by atoms with van der Waals surface area (Å²) in [6.45, 7) is 1.58. The highest BCUT2D eigenvalue weighted by atomic mass is 16.2. The molecule has 1 saturated heterocycles. The van der Waals surface area contributed by atoms with Gasteiger partial charge in [0.15, 0.2) is 0 Å². The SMILES string of the molecule is N#CCC1(NC(=O)C(CC2CCCCC2)Nc2nccc(C#N)n2)CCNCC1. The number of hydrogen-bond donors (Lipinski definition) is 3. The fourth-order valence-electron chi connectivity index (χ4n) is 4.39. The first kappa shape index (κ1) is 21.0. The molecule has 1 aromatic heterocycles. The third-order valence-electron chi connectivity index (χ3n) is 6.05. The van der Waals surface area contributed by atoms with Crippen molar-refractivity contribution in [3.8, 4) is 12.1 Å². The van der Waals surface area contributed by atoms with Crippen LogP contribution in [-0.4, -0.2) is 40.5 Å². The van der Waals surface area contributed by atoms with E-state index in [0.29, 0.717) is 24.7 Å². The van der Waals surface area contributed by atoms with E-state index in [2.05, 4.69) is 32.0 Å². The lowest BCUT2D eigenvalue weighted by molar-refractivity contribution is -0.124. The lowest BCUT2D eigenvalue weighted by atomic mass is 9.83. The number of piperidine rings is 1. The predicted octanol–water partition coefficient (Wildman–Crippen LogP) is 2.25. The van der Waals surface area contributed by atoms with Crippen molar-refractivity contribution in [1.29, 1.82) is 10.5 Å². The summed E-state index contributed by atoms with van der Waals surface area (Å²) < 4.78 is 0. The molecule has 8 nitrogen and oxygen atoms in total. The Morgan fingerprint density at radius 3 is 2.72 bits per heavy atom. The van der Waals surface area contributed by atoms with E-state index in [9.17, 15) is 10.1 Å². The van der Waals surface area contributed by atoms with Gasteiger partial charge in [-0.2, -0.15) is 10.5 Å². The Labute approximate surface area is 172 Å². The van der Waals surface area contributed by atoms with Gasteiger partial charge < -0.3 is 16.0 Å². The van der Waals surface area contributed by atoms with E-state index in [-0.39, 0.29) is 11.6 Å². The maximum atomic E-state index is 13.3. The zero-order chi connectivity index (χ0) is 20.5. The summed E-state index contributed by atoms with van der Waals surface area (Å²) in [5.74, 6) is 0.657. The molecule has 0 aromatic carbocycles. The summed E-state index contributed by atoms with van der Waals surface area (Å²) in [7, 11) is 0. The third-order valence-corrected chi connectivity index (χ3v) is 6.05. The van der Waals surface area contributed by atoms with Gasteiger partial charge in [0.25, 0.3) is 0 Å². The van der Waals surface area contributed by atoms with Crippen molar-refractivity contribution in [1.82, 2.24) is 20.6 Å². The Kier molecular flexibility index (Phi) is 7.37. The molecule has 3 N–H and O–H groups in total. The van der Waals surface area contributed by atoms with E-state index >= 15 is 0 Å². The number of hydrogen-bond acceptors (Lipinski definition) is 7. The Hall–Kier alpha value is -2.71. The van der Waals surface area contributed by atoms with Crippen molar-refractivity contribution in [3.05, 3.63) is 18.0 Å². The molecule has 2 fully saturated rings. The number of nitrogens with one attached hydrogen (secondary N) is 3. The van der Waals surface area contributed by atoms with Crippen molar-refractivity contribution in [2.75, 3.05) is 18.4 Å². The van der Waals surface area contributed by atoms with Crippen LogP contribution in [0.5, 0.6) is 0 Å². The highest BCUT2D eigenvalue weighted by Gasteiger charge is 2.36. The lowest BCUT2D eigenvalue weighted by Gasteiger charge is -2.38. The van der Waals surface area contributed by atoms with Crippen LogP contribution in [0.1, 0.15) is 63.5 Å². The van der Waals surface area contributed by atoms with Gasteiger partial charge in [0.2, 0.25) is 11.9 Å². The first-order chi connectivity index (χ1) is 14.1. The topological polar surface area (TPSA) is 127 Å². The quantitative estimate of drug-likeness (QED) is 0.646. The molecule has 3 rings (SSSR count). The van der Waals surface area contributed by atoms with Gasteiger partial charge in [-0.25, -0.2) is 9.97 Å². The molecule has 1 aliphatic carbocycles. The minimum Gasteiger partial charge on any atom is -0.348 e. The van der Waals surface area contributed by atoms with Crippen molar-refractivity contribution < 1.29 is 4.79 Å². The van der Waals surface area contributed by atoms with Gasteiger partial charge in [-0.05, 0) is 44.3 Å². The number of anilines is 1. The lowest BCUT2D eigenvalue weighted by Crippen LogP contribution is -2.57. The van der Waals surface area contributed by atoms with E-state index in [0.717, 1.165) is 38.8 Å². The van der Waals surface area contributed by atoms with Crippen molar-refractivity contribution in [3.63, 3.8) is 0 Å². The molecule has 1 amide bonds. The van der Waals surface area contributed by atoms with Gasteiger partial charge in [-0.3, -0.25) is 4.79 Å². The minimum absolute atomic E-state index is 0.112. The number of carbonyl (C=O) groups excluding carboxylic acids is 1. The Balaban J connectivity index is 1.75. The first-order valence-corrected chi connectivity index (χ1v) is 10.5. The van der Waals surface area contributed by atoms with Crippen LogP contribution in [0.2, 0.25) is 0 Å². The molecule has 2 aliphatic rings. The smallest absolute Gasteiger partial charge is 0.243 e. The molecule has 1 aromatic rings.